The molecule has 1 aliphatic rings. The first kappa shape index (κ1) is 45.0. The molecule has 1 unspecified atom stereocenters. The molecule has 1 atom stereocenters. The van der Waals surface area contributed by atoms with Gasteiger partial charge in [-0.05, 0) is 96.6 Å². The Morgan fingerprint density at radius 3 is 1.49 bits per heavy atom. The van der Waals surface area contributed by atoms with E-state index in [9.17, 15) is 4.79 Å². The third-order valence-corrected chi connectivity index (χ3v) is 9.59. The SMILES string of the molecule is CCCCC/C=C\C/C=C\CCCCCCCCN(CCCCCCCC/C=C\C/C=C\CCCCC)CC(CC1=CCCN1)NC(C)=O. The monoisotopic (exact) mass is 680 g/mol. The van der Waals surface area contributed by atoms with E-state index in [2.05, 4.69) is 84.1 Å². The van der Waals surface area contributed by atoms with Crippen LogP contribution in [0, 0.1) is 0 Å². The Morgan fingerprint density at radius 1 is 0.653 bits per heavy atom. The first-order valence-corrected chi connectivity index (χ1v) is 21.2. The second-order valence-electron chi connectivity index (χ2n) is 14.5. The molecule has 0 saturated carbocycles. The molecule has 49 heavy (non-hydrogen) atoms. The Hall–Kier alpha value is -2.07. The Balaban J connectivity index is 2.27. The predicted octanol–water partition coefficient (Wildman–Crippen LogP) is 12.7. The molecule has 1 amide bonds. The lowest BCUT2D eigenvalue weighted by Crippen LogP contribution is -2.44. The van der Waals surface area contributed by atoms with Gasteiger partial charge < -0.3 is 15.5 Å². The summed E-state index contributed by atoms with van der Waals surface area (Å²) in [4.78, 5) is 14.7. The maximum absolute atomic E-state index is 12.1. The van der Waals surface area contributed by atoms with Gasteiger partial charge in [-0.2, -0.15) is 0 Å². The topological polar surface area (TPSA) is 44.4 Å². The highest BCUT2D eigenvalue weighted by Crippen LogP contribution is 2.14. The van der Waals surface area contributed by atoms with Crippen LogP contribution in [0.1, 0.15) is 188 Å². The number of carbonyl (C=O) groups excluding carboxylic acids is 1. The number of hydrogen-bond acceptors (Lipinski definition) is 3. The number of carbonyl (C=O) groups is 1. The summed E-state index contributed by atoms with van der Waals surface area (Å²) in [5, 5.41) is 6.78. The highest BCUT2D eigenvalue weighted by Gasteiger charge is 2.18. The first-order chi connectivity index (χ1) is 24.2. The number of hydrogen-bond donors (Lipinski definition) is 2. The van der Waals surface area contributed by atoms with E-state index in [1.54, 1.807) is 6.92 Å². The van der Waals surface area contributed by atoms with E-state index in [4.69, 9.17) is 0 Å². The van der Waals surface area contributed by atoms with Crippen molar-refractivity contribution in [3.63, 3.8) is 0 Å². The molecule has 0 aromatic rings. The van der Waals surface area contributed by atoms with Gasteiger partial charge in [0, 0.05) is 38.2 Å². The van der Waals surface area contributed by atoms with Crippen molar-refractivity contribution in [2.45, 2.75) is 194 Å². The number of amides is 1. The van der Waals surface area contributed by atoms with Crippen molar-refractivity contribution in [2.75, 3.05) is 26.2 Å². The molecule has 1 heterocycles. The van der Waals surface area contributed by atoms with Crippen LogP contribution in [0.5, 0.6) is 0 Å². The average Bonchev–Trinajstić information content (AvgIpc) is 3.60. The van der Waals surface area contributed by atoms with Crippen LogP contribution in [0.3, 0.4) is 0 Å². The summed E-state index contributed by atoms with van der Waals surface area (Å²) in [6.45, 7) is 10.5. The maximum atomic E-state index is 12.1. The van der Waals surface area contributed by atoms with E-state index in [1.165, 1.54) is 147 Å². The van der Waals surface area contributed by atoms with Gasteiger partial charge in [0.2, 0.25) is 5.91 Å². The number of nitrogens with zero attached hydrogens (tertiary/aromatic N) is 1. The van der Waals surface area contributed by atoms with E-state index in [-0.39, 0.29) is 11.9 Å². The van der Waals surface area contributed by atoms with E-state index >= 15 is 0 Å². The Labute approximate surface area is 305 Å². The van der Waals surface area contributed by atoms with Crippen molar-refractivity contribution >= 4 is 5.91 Å². The van der Waals surface area contributed by atoms with Gasteiger partial charge >= 0.3 is 0 Å². The summed E-state index contributed by atoms with van der Waals surface area (Å²) < 4.78 is 0. The maximum Gasteiger partial charge on any atom is 0.217 e. The Morgan fingerprint density at radius 2 is 1.08 bits per heavy atom. The van der Waals surface area contributed by atoms with Crippen molar-refractivity contribution < 1.29 is 4.79 Å². The number of unbranched alkanes of at least 4 members (excludes halogenated alkanes) is 18. The molecule has 0 spiro atoms. The largest absolute Gasteiger partial charge is 0.388 e. The lowest BCUT2D eigenvalue weighted by atomic mass is 10.1. The summed E-state index contributed by atoms with van der Waals surface area (Å²) in [6.07, 6.45) is 54.1. The third kappa shape index (κ3) is 31.6. The number of nitrogens with one attached hydrogen (secondary N) is 2. The molecule has 0 aliphatic carbocycles. The Bertz CT molecular complexity index is 838. The molecule has 2 N–H and O–H groups in total. The molecule has 0 fully saturated rings. The number of rotatable bonds is 35. The van der Waals surface area contributed by atoms with Crippen molar-refractivity contribution in [2.24, 2.45) is 0 Å². The second-order valence-corrected chi connectivity index (χ2v) is 14.5. The van der Waals surface area contributed by atoms with E-state index in [0.717, 1.165) is 51.9 Å². The lowest BCUT2D eigenvalue weighted by molar-refractivity contribution is -0.119. The molecule has 0 aromatic carbocycles. The van der Waals surface area contributed by atoms with Crippen LogP contribution in [-0.4, -0.2) is 43.0 Å². The molecule has 4 nitrogen and oxygen atoms in total. The van der Waals surface area contributed by atoms with Crippen LogP contribution >= 0.6 is 0 Å². The first-order valence-electron chi connectivity index (χ1n) is 21.2. The summed E-state index contributed by atoms with van der Waals surface area (Å²) in [7, 11) is 0. The van der Waals surface area contributed by atoms with Gasteiger partial charge in [0.25, 0.3) is 0 Å². The summed E-state index contributed by atoms with van der Waals surface area (Å²) in [5.74, 6) is 0.0889. The molecule has 4 heteroatoms. The molecular weight excluding hydrogens is 599 g/mol. The van der Waals surface area contributed by atoms with Crippen molar-refractivity contribution in [1.82, 2.24) is 15.5 Å². The minimum Gasteiger partial charge on any atom is -0.388 e. The van der Waals surface area contributed by atoms with Gasteiger partial charge in [-0.1, -0.05) is 146 Å². The van der Waals surface area contributed by atoms with Crippen LogP contribution in [0.25, 0.3) is 0 Å². The molecule has 282 valence electrons. The van der Waals surface area contributed by atoms with Gasteiger partial charge in [-0.25, -0.2) is 0 Å². The third-order valence-electron chi connectivity index (χ3n) is 9.59. The molecular formula is C45H81N3O. The fourth-order valence-electron chi connectivity index (χ4n) is 6.67. The van der Waals surface area contributed by atoms with E-state index in [0.29, 0.717) is 0 Å². The highest BCUT2D eigenvalue weighted by molar-refractivity contribution is 5.73. The van der Waals surface area contributed by atoms with Crippen molar-refractivity contribution in [1.29, 1.82) is 0 Å². The molecule has 1 rings (SSSR count). The van der Waals surface area contributed by atoms with Gasteiger partial charge in [0.1, 0.15) is 0 Å². The van der Waals surface area contributed by atoms with Crippen LogP contribution in [0.4, 0.5) is 0 Å². The summed E-state index contributed by atoms with van der Waals surface area (Å²) in [5.41, 5.74) is 1.31. The zero-order valence-electron chi connectivity index (χ0n) is 32.8. The normalized spacial score (nSPS) is 14.2. The highest BCUT2D eigenvalue weighted by atomic mass is 16.1. The fourth-order valence-corrected chi connectivity index (χ4v) is 6.67. The zero-order valence-corrected chi connectivity index (χ0v) is 32.8. The van der Waals surface area contributed by atoms with E-state index in [1.807, 2.05) is 0 Å². The minimum absolute atomic E-state index is 0.0889. The smallest absolute Gasteiger partial charge is 0.217 e. The summed E-state index contributed by atoms with van der Waals surface area (Å²) >= 11 is 0. The molecule has 1 aliphatic heterocycles. The van der Waals surface area contributed by atoms with Gasteiger partial charge in [0.15, 0.2) is 0 Å². The van der Waals surface area contributed by atoms with Crippen LogP contribution < -0.4 is 10.6 Å². The molecule has 0 aromatic heterocycles. The van der Waals surface area contributed by atoms with Gasteiger partial charge in [-0.15, -0.1) is 0 Å². The van der Waals surface area contributed by atoms with Crippen LogP contribution in [-0.2, 0) is 4.79 Å². The number of allylic oxidation sites excluding steroid dienone is 8. The lowest BCUT2D eigenvalue weighted by Gasteiger charge is -2.28. The van der Waals surface area contributed by atoms with Gasteiger partial charge in [-0.3, -0.25) is 4.79 Å². The fraction of sp³-hybridized carbons (Fsp3) is 0.756. The minimum atomic E-state index is 0.0889. The van der Waals surface area contributed by atoms with Crippen LogP contribution in [0.15, 0.2) is 60.4 Å². The second kappa shape index (κ2) is 35.7. The standard InChI is InChI=1S/C45H81N3O/c1-4-6-8-10-12-14-16-18-20-22-24-26-28-30-32-34-39-48(42-45(47-43(3)49)41-44-37-36-38-46-44)40-35-33-31-29-27-25-23-21-19-17-15-13-11-9-7-5-2/h12-15,18-21,37,45-46H,4-11,16-17,22-36,38-42H2,1-3H3,(H,47,49)/b14-12-,15-13-,20-18-,21-19-. The van der Waals surface area contributed by atoms with Crippen molar-refractivity contribution in [3.05, 3.63) is 60.4 Å². The van der Waals surface area contributed by atoms with Crippen LogP contribution in [0.2, 0.25) is 0 Å². The zero-order chi connectivity index (χ0) is 35.3. The quantitative estimate of drug-likeness (QED) is 0.0517. The molecule has 0 radical (unpaired) electrons. The summed E-state index contributed by atoms with van der Waals surface area (Å²) in [6, 6.07) is 0.184. The Kier molecular flexibility index (Phi) is 32.8. The van der Waals surface area contributed by atoms with Gasteiger partial charge in [0.05, 0.1) is 0 Å². The van der Waals surface area contributed by atoms with E-state index < -0.39 is 0 Å². The van der Waals surface area contributed by atoms with Crippen molar-refractivity contribution in [3.8, 4) is 0 Å². The average molecular weight is 680 g/mol. The molecule has 0 saturated heterocycles. The molecule has 0 bridgehead atoms. The predicted molar refractivity (Wildman–Crippen MR) is 218 cm³/mol.